The fourth-order valence-corrected chi connectivity index (χ4v) is 4.21. The molecule has 28 heavy (non-hydrogen) atoms. The number of halogens is 3. The van der Waals surface area contributed by atoms with Gasteiger partial charge in [0.25, 0.3) is 5.91 Å². The molecule has 0 radical (unpaired) electrons. The van der Waals surface area contributed by atoms with Crippen LogP contribution in [-0.2, 0) is 10.0 Å². The molecule has 0 saturated carbocycles. The van der Waals surface area contributed by atoms with E-state index in [9.17, 15) is 22.0 Å². The maximum Gasteiger partial charge on any atom is 0.387 e. The minimum Gasteiger partial charge on any atom is -0.435 e. The fourth-order valence-electron chi connectivity index (χ4n) is 2.26. The maximum atomic E-state index is 12.5. The summed E-state index contributed by atoms with van der Waals surface area (Å²) in [5.41, 5.74) is -0.514. The summed E-state index contributed by atoms with van der Waals surface area (Å²) in [5.74, 6) is -0.764. The lowest BCUT2D eigenvalue weighted by molar-refractivity contribution is -0.0498. The zero-order chi connectivity index (χ0) is 21.1. The highest BCUT2D eigenvalue weighted by molar-refractivity contribution is 7.89. The average Bonchev–Trinajstić information content (AvgIpc) is 2.52. The van der Waals surface area contributed by atoms with E-state index in [-0.39, 0.29) is 26.9 Å². The fraction of sp³-hybridized carbons (Fsp3) is 0.278. The van der Waals surface area contributed by atoms with Crippen molar-refractivity contribution in [3.05, 3.63) is 53.1 Å². The predicted octanol–water partition coefficient (Wildman–Crippen LogP) is 4.27. The van der Waals surface area contributed by atoms with E-state index >= 15 is 0 Å². The summed E-state index contributed by atoms with van der Waals surface area (Å²) in [6.07, 6.45) is 0. The van der Waals surface area contributed by atoms with E-state index < -0.39 is 28.1 Å². The van der Waals surface area contributed by atoms with Gasteiger partial charge in [-0.1, -0.05) is 17.7 Å². The van der Waals surface area contributed by atoms with Crippen LogP contribution in [0.5, 0.6) is 5.75 Å². The van der Waals surface area contributed by atoms with E-state index in [2.05, 4.69) is 14.8 Å². The number of amides is 1. The van der Waals surface area contributed by atoms with Crippen molar-refractivity contribution in [2.75, 3.05) is 5.32 Å². The third kappa shape index (κ3) is 6.15. The van der Waals surface area contributed by atoms with Gasteiger partial charge in [0.1, 0.15) is 10.6 Å². The molecule has 0 saturated heterocycles. The second-order valence-electron chi connectivity index (χ2n) is 6.86. The molecule has 0 spiro atoms. The molecule has 2 aromatic rings. The van der Waals surface area contributed by atoms with Gasteiger partial charge >= 0.3 is 6.61 Å². The van der Waals surface area contributed by atoms with Gasteiger partial charge in [0.15, 0.2) is 0 Å². The molecule has 6 nitrogen and oxygen atoms in total. The standard InChI is InChI=1S/C18H19ClF2N2O4S/c1-18(2,3)23-28(25,26)15-9-11(7-8-14(15)19)16(24)22-12-5-4-6-13(10-12)27-17(20)21/h4-10,17,23H,1-3H3,(H,22,24). The Bertz CT molecular complexity index is 976. The second kappa shape index (κ2) is 8.42. The summed E-state index contributed by atoms with van der Waals surface area (Å²) in [7, 11) is -3.96. The first-order valence-electron chi connectivity index (χ1n) is 8.07. The van der Waals surface area contributed by atoms with Crippen LogP contribution in [0.2, 0.25) is 5.02 Å². The van der Waals surface area contributed by atoms with Crippen LogP contribution in [0.15, 0.2) is 47.4 Å². The predicted molar refractivity (Wildman–Crippen MR) is 103 cm³/mol. The number of hydrogen-bond donors (Lipinski definition) is 2. The third-order valence-electron chi connectivity index (χ3n) is 3.24. The molecule has 0 atom stereocenters. The summed E-state index contributed by atoms with van der Waals surface area (Å²) in [4.78, 5) is 12.2. The quantitative estimate of drug-likeness (QED) is 0.713. The molecule has 2 aromatic carbocycles. The molecule has 2 N–H and O–H groups in total. The molecule has 0 unspecified atom stereocenters. The normalized spacial score (nSPS) is 12.1. The van der Waals surface area contributed by atoms with Crippen molar-refractivity contribution in [1.82, 2.24) is 4.72 Å². The van der Waals surface area contributed by atoms with E-state index in [0.717, 1.165) is 6.07 Å². The molecule has 0 aliphatic carbocycles. The Hall–Kier alpha value is -2.23. The Morgan fingerprint density at radius 3 is 2.43 bits per heavy atom. The van der Waals surface area contributed by atoms with E-state index in [1.807, 2.05) is 0 Å². The number of rotatable bonds is 6. The number of benzene rings is 2. The van der Waals surface area contributed by atoms with Gasteiger partial charge in [-0.3, -0.25) is 4.79 Å². The Labute approximate surface area is 166 Å². The van der Waals surface area contributed by atoms with Crippen molar-refractivity contribution < 1.29 is 26.7 Å². The molecule has 152 valence electrons. The van der Waals surface area contributed by atoms with Crippen LogP contribution in [0, 0.1) is 0 Å². The van der Waals surface area contributed by atoms with Crippen LogP contribution >= 0.6 is 11.6 Å². The van der Waals surface area contributed by atoms with Crippen LogP contribution in [0.3, 0.4) is 0 Å². The molecule has 0 fully saturated rings. The number of ether oxygens (including phenoxy) is 1. The number of alkyl halides is 2. The minimum atomic E-state index is -3.96. The molecular weight excluding hydrogens is 414 g/mol. The molecule has 0 heterocycles. The first-order valence-corrected chi connectivity index (χ1v) is 9.93. The first-order chi connectivity index (χ1) is 12.9. The van der Waals surface area contributed by atoms with Crippen LogP contribution < -0.4 is 14.8 Å². The molecule has 2 rings (SSSR count). The van der Waals surface area contributed by atoms with Crippen molar-refractivity contribution in [3.63, 3.8) is 0 Å². The number of sulfonamides is 1. The van der Waals surface area contributed by atoms with Gasteiger partial charge in [-0.05, 0) is 51.1 Å². The SMILES string of the molecule is CC(C)(C)NS(=O)(=O)c1cc(C(=O)Nc2cccc(OC(F)F)c2)ccc1Cl. The summed E-state index contributed by atoms with van der Waals surface area (Å²) in [6, 6.07) is 9.23. The van der Waals surface area contributed by atoms with Crippen molar-refractivity contribution in [2.45, 2.75) is 37.8 Å². The van der Waals surface area contributed by atoms with Gasteiger partial charge in [0.05, 0.1) is 5.02 Å². The first kappa shape index (κ1) is 22.1. The lowest BCUT2D eigenvalue weighted by Crippen LogP contribution is -2.40. The lowest BCUT2D eigenvalue weighted by Gasteiger charge is -2.21. The molecule has 1 amide bonds. The van der Waals surface area contributed by atoms with Gasteiger partial charge in [-0.2, -0.15) is 8.78 Å². The Kier molecular flexibility index (Phi) is 6.63. The van der Waals surface area contributed by atoms with E-state index in [1.165, 1.54) is 36.4 Å². The van der Waals surface area contributed by atoms with Crippen LogP contribution in [0.1, 0.15) is 31.1 Å². The average molecular weight is 433 g/mol. The van der Waals surface area contributed by atoms with Crippen LogP contribution in [-0.4, -0.2) is 26.5 Å². The highest BCUT2D eigenvalue weighted by Gasteiger charge is 2.25. The third-order valence-corrected chi connectivity index (χ3v) is 5.48. The van der Waals surface area contributed by atoms with Gasteiger partial charge in [-0.15, -0.1) is 0 Å². The highest BCUT2D eigenvalue weighted by atomic mass is 35.5. The molecule has 0 bridgehead atoms. The van der Waals surface area contributed by atoms with E-state index in [0.29, 0.717) is 0 Å². The van der Waals surface area contributed by atoms with Crippen LogP contribution in [0.4, 0.5) is 14.5 Å². The minimum absolute atomic E-state index is 0.0267. The zero-order valence-electron chi connectivity index (χ0n) is 15.3. The maximum absolute atomic E-state index is 12.5. The Morgan fingerprint density at radius 1 is 1.14 bits per heavy atom. The Balaban J connectivity index is 2.28. The lowest BCUT2D eigenvalue weighted by atomic mass is 10.1. The summed E-state index contributed by atoms with van der Waals surface area (Å²) in [5, 5.41) is 2.45. The summed E-state index contributed by atoms with van der Waals surface area (Å²) < 4.78 is 56.4. The van der Waals surface area contributed by atoms with Crippen molar-refractivity contribution in [2.24, 2.45) is 0 Å². The topological polar surface area (TPSA) is 84.5 Å². The molecule has 10 heteroatoms. The molecule has 0 aromatic heterocycles. The van der Waals surface area contributed by atoms with E-state index in [1.54, 1.807) is 20.8 Å². The summed E-state index contributed by atoms with van der Waals surface area (Å²) >= 11 is 6.01. The number of nitrogens with one attached hydrogen (secondary N) is 2. The molecule has 0 aliphatic heterocycles. The molecular formula is C18H19ClF2N2O4S. The smallest absolute Gasteiger partial charge is 0.387 e. The van der Waals surface area contributed by atoms with Crippen molar-refractivity contribution in [1.29, 1.82) is 0 Å². The van der Waals surface area contributed by atoms with Gasteiger partial charge in [0.2, 0.25) is 10.0 Å². The number of carbonyl (C=O) groups excluding carboxylic acids is 1. The second-order valence-corrected chi connectivity index (χ2v) is 8.92. The Morgan fingerprint density at radius 2 is 1.82 bits per heavy atom. The van der Waals surface area contributed by atoms with Gasteiger partial charge in [-0.25, -0.2) is 13.1 Å². The van der Waals surface area contributed by atoms with Gasteiger partial charge in [0, 0.05) is 22.9 Å². The molecule has 0 aliphatic rings. The van der Waals surface area contributed by atoms with Crippen molar-refractivity contribution in [3.8, 4) is 5.75 Å². The number of hydrogen-bond acceptors (Lipinski definition) is 4. The van der Waals surface area contributed by atoms with Crippen LogP contribution in [0.25, 0.3) is 0 Å². The largest absolute Gasteiger partial charge is 0.435 e. The monoisotopic (exact) mass is 432 g/mol. The highest BCUT2D eigenvalue weighted by Crippen LogP contribution is 2.25. The number of carbonyl (C=O) groups is 1. The summed E-state index contributed by atoms with van der Waals surface area (Å²) in [6.45, 7) is 2.02. The van der Waals surface area contributed by atoms with Gasteiger partial charge < -0.3 is 10.1 Å². The van der Waals surface area contributed by atoms with E-state index in [4.69, 9.17) is 11.6 Å². The number of anilines is 1. The van der Waals surface area contributed by atoms with Crippen molar-refractivity contribution >= 4 is 33.2 Å². The zero-order valence-corrected chi connectivity index (χ0v) is 16.9.